The fraction of sp³-hybridized carbons (Fsp3) is 0.833. The fourth-order valence-electron chi connectivity index (χ4n) is 2.31. The molecule has 2 atom stereocenters. The summed E-state index contributed by atoms with van der Waals surface area (Å²) in [4.78, 5) is 23.2. The summed E-state index contributed by atoms with van der Waals surface area (Å²) < 4.78 is 5.26. The molecular weight excluding hydrogens is 236 g/mol. The highest BCUT2D eigenvalue weighted by atomic mass is 16.5. The van der Waals surface area contributed by atoms with E-state index >= 15 is 0 Å². The third-order valence-electron chi connectivity index (χ3n) is 3.67. The second-order valence-electron chi connectivity index (χ2n) is 5.26. The van der Waals surface area contributed by atoms with Crippen molar-refractivity contribution in [2.24, 2.45) is 5.92 Å². The van der Waals surface area contributed by atoms with E-state index in [1.807, 2.05) is 0 Å². The quantitative estimate of drug-likeness (QED) is 0.630. The van der Waals surface area contributed by atoms with Crippen LogP contribution < -0.4 is 10.6 Å². The van der Waals surface area contributed by atoms with Crippen molar-refractivity contribution in [2.45, 2.75) is 37.8 Å². The van der Waals surface area contributed by atoms with Crippen molar-refractivity contribution >= 4 is 11.9 Å². The first-order valence-electron chi connectivity index (χ1n) is 6.38. The van der Waals surface area contributed by atoms with Crippen molar-refractivity contribution in [3.8, 4) is 0 Å². The molecule has 0 aromatic rings. The van der Waals surface area contributed by atoms with E-state index in [0.717, 1.165) is 19.4 Å². The van der Waals surface area contributed by atoms with Gasteiger partial charge in [0, 0.05) is 19.0 Å². The fourth-order valence-corrected chi connectivity index (χ4v) is 2.31. The van der Waals surface area contributed by atoms with Crippen molar-refractivity contribution in [3.05, 3.63) is 0 Å². The number of amides is 1. The van der Waals surface area contributed by atoms with Gasteiger partial charge in [0.1, 0.15) is 5.54 Å². The molecular formula is C12H20N2O4. The number of nitrogens with one attached hydrogen (secondary N) is 2. The van der Waals surface area contributed by atoms with E-state index in [9.17, 15) is 14.7 Å². The Morgan fingerprint density at radius 3 is 2.72 bits per heavy atom. The van der Waals surface area contributed by atoms with Gasteiger partial charge in [-0.3, -0.25) is 4.79 Å². The van der Waals surface area contributed by atoms with Crippen LogP contribution in [0.2, 0.25) is 0 Å². The first-order chi connectivity index (χ1) is 8.52. The number of carboxylic acids is 1. The lowest BCUT2D eigenvalue weighted by Gasteiger charge is -2.28. The average molecular weight is 256 g/mol. The van der Waals surface area contributed by atoms with E-state index in [4.69, 9.17) is 4.74 Å². The van der Waals surface area contributed by atoms with E-state index < -0.39 is 11.5 Å². The van der Waals surface area contributed by atoms with Crippen molar-refractivity contribution in [1.29, 1.82) is 0 Å². The van der Waals surface area contributed by atoms with Crippen molar-refractivity contribution in [1.82, 2.24) is 10.6 Å². The smallest absolute Gasteiger partial charge is 0.329 e. The summed E-state index contributed by atoms with van der Waals surface area (Å²) >= 11 is 0. The minimum Gasteiger partial charge on any atom is -0.480 e. The van der Waals surface area contributed by atoms with Gasteiger partial charge in [-0.2, -0.15) is 0 Å². The third kappa shape index (κ3) is 3.00. The Bertz CT molecular complexity index is 337. The van der Waals surface area contributed by atoms with Gasteiger partial charge in [0.2, 0.25) is 5.91 Å². The average Bonchev–Trinajstić information content (AvgIpc) is 3.13. The Morgan fingerprint density at radius 1 is 1.50 bits per heavy atom. The van der Waals surface area contributed by atoms with Gasteiger partial charge in [-0.15, -0.1) is 0 Å². The van der Waals surface area contributed by atoms with Crippen molar-refractivity contribution < 1.29 is 19.4 Å². The number of aliphatic carboxylic acids is 1. The molecule has 0 aromatic heterocycles. The summed E-state index contributed by atoms with van der Waals surface area (Å²) in [5.41, 5.74) is -1.12. The van der Waals surface area contributed by atoms with Gasteiger partial charge in [-0.25, -0.2) is 4.79 Å². The van der Waals surface area contributed by atoms with Gasteiger partial charge in [0.25, 0.3) is 0 Å². The lowest BCUT2D eigenvalue weighted by molar-refractivity contribution is -0.148. The van der Waals surface area contributed by atoms with E-state index in [-0.39, 0.29) is 24.3 Å². The maximum absolute atomic E-state index is 11.9. The van der Waals surface area contributed by atoms with Gasteiger partial charge >= 0.3 is 5.97 Å². The summed E-state index contributed by atoms with van der Waals surface area (Å²) in [6, 6.07) is -0.0176. The Hall–Kier alpha value is -1.14. The van der Waals surface area contributed by atoms with Crippen LogP contribution in [0.3, 0.4) is 0 Å². The van der Waals surface area contributed by atoms with Crippen LogP contribution in [0, 0.1) is 5.92 Å². The summed E-state index contributed by atoms with van der Waals surface area (Å²) in [6.07, 6.45) is 2.00. The molecule has 1 saturated heterocycles. The molecule has 3 N–H and O–H groups in total. The van der Waals surface area contributed by atoms with Crippen LogP contribution in [0.25, 0.3) is 0 Å². The van der Waals surface area contributed by atoms with E-state index in [2.05, 4.69) is 10.6 Å². The second-order valence-corrected chi connectivity index (χ2v) is 5.26. The maximum Gasteiger partial charge on any atom is 0.329 e. The van der Waals surface area contributed by atoms with E-state index in [1.54, 1.807) is 6.92 Å². The zero-order valence-corrected chi connectivity index (χ0v) is 10.6. The molecule has 1 aliphatic heterocycles. The molecule has 102 valence electrons. The van der Waals surface area contributed by atoms with E-state index in [0.29, 0.717) is 13.2 Å². The number of carbonyl (C=O) groups excluding carboxylic acids is 1. The topological polar surface area (TPSA) is 87.7 Å². The molecule has 2 fully saturated rings. The van der Waals surface area contributed by atoms with Gasteiger partial charge in [0.15, 0.2) is 0 Å². The Kier molecular flexibility index (Phi) is 3.87. The normalized spacial score (nSPS) is 27.3. The standard InChI is InChI=1S/C12H20N2O4/c1-12(11(16)17,8-2-3-8)14-10(15)6-9-7-18-5-4-13-9/h8-9,13H,2-7H2,1H3,(H,14,15)(H,16,17). The molecule has 2 aliphatic rings. The molecule has 1 amide bonds. The number of carboxylic acid groups (broad SMARTS) is 1. The van der Waals surface area contributed by atoms with Gasteiger partial charge in [0.05, 0.1) is 13.2 Å². The molecule has 1 aliphatic carbocycles. The Morgan fingerprint density at radius 2 is 2.22 bits per heavy atom. The first-order valence-corrected chi connectivity index (χ1v) is 6.38. The second kappa shape index (κ2) is 5.24. The molecule has 0 bridgehead atoms. The van der Waals surface area contributed by atoms with Crippen LogP contribution >= 0.6 is 0 Å². The van der Waals surface area contributed by atoms with Gasteiger partial charge in [-0.05, 0) is 25.7 Å². The zero-order valence-electron chi connectivity index (χ0n) is 10.6. The maximum atomic E-state index is 11.9. The van der Waals surface area contributed by atoms with Crippen LogP contribution in [0.15, 0.2) is 0 Å². The molecule has 18 heavy (non-hydrogen) atoms. The van der Waals surface area contributed by atoms with Crippen molar-refractivity contribution in [2.75, 3.05) is 19.8 Å². The van der Waals surface area contributed by atoms with Crippen LogP contribution in [-0.2, 0) is 14.3 Å². The monoisotopic (exact) mass is 256 g/mol. The molecule has 0 spiro atoms. The minimum atomic E-state index is -1.12. The van der Waals surface area contributed by atoms with Crippen LogP contribution in [0.5, 0.6) is 0 Å². The molecule has 6 nitrogen and oxygen atoms in total. The Labute approximate surface area is 106 Å². The number of hydrogen-bond donors (Lipinski definition) is 3. The third-order valence-corrected chi connectivity index (χ3v) is 3.67. The minimum absolute atomic E-state index is 0.0176. The molecule has 1 heterocycles. The van der Waals surface area contributed by atoms with Crippen LogP contribution in [0.1, 0.15) is 26.2 Å². The number of carbonyl (C=O) groups is 2. The predicted molar refractivity (Wildman–Crippen MR) is 64.1 cm³/mol. The highest BCUT2D eigenvalue weighted by Gasteiger charge is 2.48. The lowest BCUT2D eigenvalue weighted by atomic mass is 9.95. The number of morpholine rings is 1. The molecule has 2 unspecified atom stereocenters. The van der Waals surface area contributed by atoms with Gasteiger partial charge in [-0.1, -0.05) is 0 Å². The van der Waals surface area contributed by atoms with Gasteiger partial charge < -0.3 is 20.5 Å². The highest BCUT2D eigenvalue weighted by Crippen LogP contribution is 2.39. The molecule has 6 heteroatoms. The zero-order chi connectivity index (χ0) is 13.2. The predicted octanol–water partition coefficient (Wildman–Crippen LogP) is -0.266. The SMILES string of the molecule is CC(NC(=O)CC1COCCN1)(C(=O)O)C1CC1. The van der Waals surface area contributed by atoms with E-state index in [1.165, 1.54) is 0 Å². The highest BCUT2D eigenvalue weighted by molar-refractivity contribution is 5.87. The summed E-state index contributed by atoms with van der Waals surface area (Å²) in [5.74, 6) is -1.12. The summed E-state index contributed by atoms with van der Waals surface area (Å²) in [5, 5.41) is 15.1. The molecule has 1 saturated carbocycles. The molecule has 0 radical (unpaired) electrons. The number of hydrogen-bond acceptors (Lipinski definition) is 4. The summed E-state index contributed by atoms with van der Waals surface area (Å²) in [6.45, 7) is 3.49. The first kappa shape index (κ1) is 13.3. The Balaban J connectivity index is 1.86. The summed E-state index contributed by atoms with van der Waals surface area (Å²) in [7, 11) is 0. The molecule has 2 rings (SSSR count). The van der Waals surface area contributed by atoms with Crippen LogP contribution in [-0.4, -0.2) is 48.3 Å². The molecule has 0 aromatic carbocycles. The lowest BCUT2D eigenvalue weighted by Crippen LogP contribution is -2.55. The number of rotatable bonds is 5. The number of ether oxygens (including phenoxy) is 1. The van der Waals surface area contributed by atoms with Crippen LogP contribution in [0.4, 0.5) is 0 Å². The van der Waals surface area contributed by atoms with Crippen molar-refractivity contribution in [3.63, 3.8) is 0 Å². The largest absolute Gasteiger partial charge is 0.480 e.